The molecule has 2 amide bonds. The summed E-state index contributed by atoms with van der Waals surface area (Å²) >= 11 is 0. The Morgan fingerprint density at radius 1 is 0.967 bits per heavy atom. The van der Waals surface area contributed by atoms with Gasteiger partial charge < -0.3 is 19.5 Å². The highest BCUT2D eigenvalue weighted by molar-refractivity contribution is 6.37. The maximum Gasteiger partial charge on any atom is 0.278 e. The number of imide groups is 1. The van der Waals surface area contributed by atoms with Gasteiger partial charge in [-0.05, 0) is 44.2 Å². The Labute approximate surface area is 176 Å². The Morgan fingerprint density at radius 3 is 2.30 bits per heavy atom. The SMILES string of the molecule is COCCN1C(=O)C(Nc2ccc(OC(C)C)cc2)=C(c2ccccc2OC)C1=O. The highest BCUT2D eigenvalue weighted by Gasteiger charge is 2.40. The summed E-state index contributed by atoms with van der Waals surface area (Å²) in [6, 6.07) is 14.4. The summed E-state index contributed by atoms with van der Waals surface area (Å²) in [6.07, 6.45) is 0.0621. The topological polar surface area (TPSA) is 77.1 Å². The van der Waals surface area contributed by atoms with E-state index in [1.165, 1.54) is 19.1 Å². The zero-order chi connectivity index (χ0) is 21.7. The molecule has 1 aliphatic heterocycles. The molecular weight excluding hydrogens is 384 g/mol. The second-order valence-corrected chi connectivity index (χ2v) is 7.02. The molecule has 0 aliphatic carbocycles. The average molecular weight is 410 g/mol. The van der Waals surface area contributed by atoms with Crippen LogP contribution in [0.5, 0.6) is 11.5 Å². The van der Waals surface area contributed by atoms with Gasteiger partial charge in [0, 0.05) is 18.4 Å². The minimum Gasteiger partial charge on any atom is -0.496 e. The third-order valence-electron chi connectivity index (χ3n) is 4.56. The first-order valence-corrected chi connectivity index (χ1v) is 9.72. The van der Waals surface area contributed by atoms with Crippen molar-refractivity contribution in [2.75, 3.05) is 32.7 Å². The third-order valence-corrected chi connectivity index (χ3v) is 4.56. The fourth-order valence-electron chi connectivity index (χ4n) is 3.21. The zero-order valence-electron chi connectivity index (χ0n) is 17.6. The standard InChI is InChI=1S/C23H26N2O5/c1-15(2)30-17-11-9-16(10-12-17)24-21-20(18-7-5-6-8-19(18)29-4)22(26)25(23(21)27)13-14-28-3/h5-12,15,24H,13-14H2,1-4H3. The Bertz CT molecular complexity index is 950. The predicted octanol–water partition coefficient (Wildman–Crippen LogP) is 3.32. The highest BCUT2D eigenvalue weighted by atomic mass is 16.5. The monoisotopic (exact) mass is 410 g/mol. The molecule has 7 heteroatoms. The van der Waals surface area contributed by atoms with Crippen molar-refractivity contribution < 1.29 is 23.8 Å². The van der Waals surface area contributed by atoms with Crippen LogP contribution in [0.4, 0.5) is 5.69 Å². The number of para-hydroxylation sites is 1. The molecule has 0 unspecified atom stereocenters. The lowest BCUT2D eigenvalue weighted by molar-refractivity contribution is -0.137. The van der Waals surface area contributed by atoms with Gasteiger partial charge in [0.1, 0.15) is 17.2 Å². The van der Waals surface area contributed by atoms with Crippen molar-refractivity contribution >= 4 is 23.1 Å². The number of carbonyl (C=O) groups is 2. The molecule has 30 heavy (non-hydrogen) atoms. The van der Waals surface area contributed by atoms with Crippen LogP contribution < -0.4 is 14.8 Å². The van der Waals surface area contributed by atoms with Gasteiger partial charge in [-0.25, -0.2) is 0 Å². The van der Waals surface area contributed by atoms with Crippen LogP contribution in [0.1, 0.15) is 19.4 Å². The molecule has 0 fully saturated rings. The number of hydrogen-bond donors (Lipinski definition) is 1. The summed E-state index contributed by atoms with van der Waals surface area (Å²) < 4.78 is 16.1. The lowest BCUT2D eigenvalue weighted by Crippen LogP contribution is -2.35. The number of benzene rings is 2. The summed E-state index contributed by atoms with van der Waals surface area (Å²) in [5.74, 6) is 0.455. The molecule has 0 aromatic heterocycles. The molecule has 1 heterocycles. The lowest BCUT2D eigenvalue weighted by Gasteiger charge is -2.15. The van der Waals surface area contributed by atoms with E-state index < -0.39 is 5.91 Å². The van der Waals surface area contributed by atoms with Crippen LogP contribution in [0.2, 0.25) is 0 Å². The van der Waals surface area contributed by atoms with E-state index in [1.54, 1.807) is 30.3 Å². The molecule has 2 aromatic rings. The van der Waals surface area contributed by atoms with Crippen molar-refractivity contribution in [2.45, 2.75) is 20.0 Å². The van der Waals surface area contributed by atoms with E-state index in [9.17, 15) is 9.59 Å². The molecule has 0 bridgehead atoms. The minimum atomic E-state index is -0.402. The van der Waals surface area contributed by atoms with Crippen LogP contribution in [0.3, 0.4) is 0 Å². The zero-order valence-corrected chi connectivity index (χ0v) is 17.6. The van der Waals surface area contributed by atoms with Crippen LogP contribution in [-0.2, 0) is 14.3 Å². The Hall–Kier alpha value is -3.32. The summed E-state index contributed by atoms with van der Waals surface area (Å²) in [4.78, 5) is 27.4. The van der Waals surface area contributed by atoms with E-state index in [0.29, 0.717) is 17.0 Å². The molecule has 3 rings (SSSR count). The quantitative estimate of drug-likeness (QED) is 0.639. The number of rotatable bonds is 9. The summed E-state index contributed by atoms with van der Waals surface area (Å²) in [6.45, 7) is 4.33. The molecule has 158 valence electrons. The van der Waals surface area contributed by atoms with Gasteiger partial charge in [-0.3, -0.25) is 14.5 Å². The van der Waals surface area contributed by atoms with Gasteiger partial charge in [-0.1, -0.05) is 18.2 Å². The molecule has 7 nitrogen and oxygen atoms in total. The van der Waals surface area contributed by atoms with Crippen LogP contribution in [0.25, 0.3) is 5.57 Å². The van der Waals surface area contributed by atoms with Crippen molar-refractivity contribution in [1.29, 1.82) is 0 Å². The van der Waals surface area contributed by atoms with Gasteiger partial charge in [0.25, 0.3) is 11.8 Å². The second-order valence-electron chi connectivity index (χ2n) is 7.02. The number of ether oxygens (including phenoxy) is 3. The van der Waals surface area contributed by atoms with Crippen molar-refractivity contribution in [2.24, 2.45) is 0 Å². The van der Waals surface area contributed by atoms with E-state index in [4.69, 9.17) is 14.2 Å². The minimum absolute atomic E-state index is 0.0621. The van der Waals surface area contributed by atoms with E-state index in [0.717, 1.165) is 5.75 Å². The molecule has 0 spiro atoms. The number of anilines is 1. The first kappa shape index (κ1) is 21.4. The second kappa shape index (κ2) is 9.45. The number of nitrogens with zero attached hydrogens (tertiary/aromatic N) is 1. The number of amides is 2. The van der Waals surface area contributed by atoms with Gasteiger partial charge in [-0.15, -0.1) is 0 Å². The molecule has 0 saturated heterocycles. The first-order chi connectivity index (χ1) is 14.5. The fourth-order valence-corrected chi connectivity index (χ4v) is 3.21. The largest absolute Gasteiger partial charge is 0.496 e. The van der Waals surface area contributed by atoms with E-state index in [2.05, 4.69) is 5.32 Å². The van der Waals surface area contributed by atoms with Gasteiger partial charge >= 0.3 is 0 Å². The van der Waals surface area contributed by atoms with Crippen molar-refractivity contribution in [1.82, 2.24) is 4.90 Å². The Balaban J connectivity index is 2.00. The highest BCUT2D eigenvalue weighted by Crippen LogP contribution is 2.35. The van der Waals surface area contributed by atoms with Crippen molar-refractivity contribution in [3.05, 3.63) is 59.8 Å². The molecule has 0 atom stereocenters. The van der Waals surface area contributed by atoms with Gasteiger partial charge in [0.05, 0.1) is 31.9 Å². The third kappa shape index (κ3) is 4.46. The van der Waals surface area contributed by atoms with Crippen molar-refractivity contribution in [3.63, 3.8) is 0 Å². The first-order valence-electron chi connectivity index (χ1n) is 9.72. The molecule has 0 radical (unpaired) electrons. The van der Waals surface area contributed by atoms with Crippen LogP contribution >= 0.6 is 0 Å². The van der Waals surface area contributed by atoms with Crippen LogP contribution in [0, 0.1) is 0 Å². The summed E-state index contributed by atoms with van der Waals surface area (Å²) in [5.41, 5.74) is 1.71. The average Bonchev–Trinajstić information content (AvgIpc) is 2.96. The van der Waals surface area contributed by atoms with Crippen LogP contribution in [0.15, 0.2) is 54.2 Å². The Morgan fingerprint density at radius 2 is 1.67 bits per heavy atom. The molecular formula is C23H26N2O5. The van der Waals surface area contributed by atoms with Gasteiger partial charge in [0.15, 0.2) is 0 Å². The maximum absolute atomic E-state index is 13.1. The fraction of sp³-hybridized carbons (Fsp3) is 0.304. The molecule has 1 N–H and O–H groups in total. The normalized spacial score (nSPS) is 14.0. The van der Waals surface area contributed by atoms with Gasteiger partial charge in [-0.2, -0.15) is 0 Å². The molecule has 1 aliphatic rings. The number of carbonyl (C=O) groups excluding carboxylic acids is 2. The predicted molar refractivity (Wildman–Crippen MR) is 114 cm³/mol. The van der Waals surface area contributed by atoms with E-state index >= 15 is 0 Å². The number of nitrogens with one attached hydrogen (secondary N) is 1. The van der Waals surface area contributed by atoms with E-state index in [-0.39, 0.29) is 36.4 Å². The number of hydrogen-bond acceptors (Lipinski definition) is 6. The van der Waals surface area contributed by atoms with Gasteiger partial charge in [0.2, 0.25) is 0 Å². The lowest BCUT2D eigenvalue weighted by atomic mass is 10.0. The van der Waals surface area contributed by atoms with E-state index in [1.807, 2.05) is 32.0 Å². The Kier molecular flexibility index (Phi) is 6.74. The molecule has 0 saturated carbocycles. The summed E-state index contributed by atoms with van der Waals surface area (Å²) in [5, 5.41) is 3.12. The molecule has 2 aromatic carbocycles. The van der Waals surface area contributed by atoms with Crippen molar-refractivity contribution in [3.8, 4) is 11.5 Å². The smallest absolute Gasteiger partial charge is 0.278 e. The number of methoxy groups -OCH3 is 2. The summed E-state index contributed by atoms with van der Waals surface area (Å²) in [7, 11) is 3.06. The maximum atomic E-state index is 13.1. The van der Waals surface area contributed by atoms with Crippen LogP contribution in [-0.4, -0.2) is 50.2 Å².